The van der Waals surface area contributed by atoms with Gasteiger partial charge < -0.3 is 15.7 Å². The summed E-state index contributed by atoms with van der Waals surface area (Å²) in [5, 5.41) is 14.3. The number of aliphatic hydroxyl groups is 1. The van der Waals surface area contributed by atoms with Crippen molar-refractivity contribution in [2.75, 3.05) is 11.9 Å². The predicted molar refractivity (Wildman–Crippen MR) is 66.8 cm³/mol. The number of benzene rings is 1. The monoisotopic (exact) mass is 270 g/mol. The lowest BCUT2D eigenvalue weighted by molar-refractivity contribution is 0.167. The second kappa shape index (κ2) is 5.52. The number of carbonyl (C=O) groups is 1. The van der Waals surface area contributed by atoms with Gasteiger partial charge in [-0.3, -0.25) is 0 Å². The molecule has 0 radical (unpaired) electrons. The summed E-state index contributed by atoms with van der Waals surface area (Å²) in [6, 6.07) is 2.20. The average Bonchev–Trinajstić information content (AvgIpc) is 2.83. The number of hydrogen-bond acceptors (Lipinski definition) is 2. The van der Waals surface area contributed by atoms with E-state index in [1.165, 1.54) is 0 Å². The number of halogens is 2. The van der Waals surface area contributed by atoms with Crippen LogP contribution in [-0.2, 0) is 0 Å². The maximum absolute atomic E-state index is 13.4. The Bertz CT molecular complexity index is 474. The van der Waals surface area contributed by atoms with Crippen LogP contribution in [0.5, 0.6) is 0 Å². The van der Waals surface area contributed by atoms with Crippen molar-refractivity contribution in [3.63, 3.8) is 0 Å². The van der Waals surface area contributed by atoms with E-state index in [0.29, 0.717) is 12.8 Å². The Hall–Kier alpha value is -1.69. The molecule has 19 heavy (non-hydrogen) atoms. The molecule has 1 aliphatic carbocycles. The van der Waals surface area contributed by atoms with Gasteiger partial charge in [-0.1, -0.05) is 12.8 Å². The van der Waals surface area contributed by atoms with Crippen LogP contribution < -0.4 is 10.6 Å². The van der Waals surface area contributed by atoms with Crippen molar-refractivity contribution in [3.8, 4) is 0 Å². The van der Waals surface area contributed by atoms with Crippen LogP contribution in [0.15, 0.2) is 18.2 Å². The highest BCUT2D eigenvalue weighted by Crippen LogP contribution is 2.29. The second-order valence-electron chi connectivity index (χ2n) is 4.85. The first-order valence-electron chi connectivity index (χ1n) is 6.20. The van der Waals surface area contributed by atoms with Crippen molar-refractivity contribution in [2.45, 2.75) is 31.2 Å². The number of carbonyl (C=O) groups excluding carboxylic acids is 1. The summed E-state index contributed by atoms with van der Waals surface area (Å²) in [6.45, 7) is -0.161. The smallest absolute Gasteiger partial charge is 0.319 e. The fourth-order valence-electron chi connectivity index (χ4n) is 2.36. The van der Waals surface area contributed by atoms with Crippen LogP contribution in [0.1, 0.15) is 25.7 Å². The number of urea groups is 1. The molecule has 2 amide bonds. The molecule has 1 aromatic carbocycles. The van der Waals surface area contributed by atoms with Crippen LogP contribution in [0.4, 0.5) is 19.3 Å². The third-order valence-electron chi connectivity index (χ3n) is 3.42. The van der Waals surface area contributed by atoms with E-state index in [2.05, 4.69) is 10.6 Å². The summed E-state index contributed by atoms with van der Waals surface area (Å²) < 4.78 is 26.3. The van der Waals surface area contributed by atoms with Gasteiger partial charge in [0.1, 0.15) is 11.6 Å². The van der Waals surface area contributed by atoms with Crippen molar-refractivity contribution in [2.24, 2.45) is 0 Å². The molecular formula is C13H16F2N2O2. The lowest BCUT2D eigenvalue weighted by Gasteiger charge is -2.28. The van der Waals surface area contributed by atoms with E-state index >= 15 is 0 Å². The number of anilines is 1. The molecule has 0 unspecified atom stereocenters. The molecule has 0 aliphatic heterocycles. The van der Waals surface area contributed by atoms with Gasteiger partial charge in [-0.2, -0.15) is 0 Å². The van der Waals surface area contributed by atoms with Crippen LogP contribution in [0.3, 0.4) is 0 Å². The van der Waals surface area contributed by atoms with Gasteiger partial charge in [-0.15, -0.1) is 0 Å². The Morgan fingerprint density at radius 3 is 2.63 bits per heavy atom. The molecule has 2 rings (SSSR count). The van der Waals surface area contributed by atoms with Crippen molar-refractivity contribution >= 4 is 11.7 Å². The third kappa shape index (κ3) is 3.20. The molecular weight excluding hydrogens is 254 g/mol. The highest BCUT2D eigenvalue weighted by atomic mass is 19.1. The Kier molecular flexibility index (Phi) is 3.99. The minimum Gasteiger partial charge on any atom is -0.394 e. The van der Waals surface area contributed by atoms with Crippen LogP contribution >= 0.6 is 0 Å². The van der Waals surface area contributed by atoms with E-state index in [1.807, 2.05) is 0 Å². The van der Waals surface area contributed by atoms with E-state index in [0.717, 1.165) is 31.0 Å². The molecule has 0 bridgehead atoms. The zero-order chi connectivity index (χ0) is 13.9. The lowest BCUT2D eigenvalue weighted by Crippen LogP contribution is -2.50. The molecule has 104 valence electrons. The highest BCUT2D eigenvalue weighted by Gasteiger charge is 2.34. The van der Waals surface area contributed by atoms with Crippen molar-refractivity contribution < 1.29 is 18.7 Å². The lowest BCUT2D eigenvalue weighted by atomic mass is 9.99. The van der Waals surface area contributed by atoms with E-state index in [4.69, 9.17) is 0 Å². The fraction of sp³-hybridized carbons (Fsp3) is 0.462. The molecule has 4 nitrogen and oxygen atoms in total. The van der Waals surface area contributed by atoms with Crippen LogP contribution in [0.25, 0.3) is 0 Å². The number of nitrogens with one attached hydrogen (secondary N) is 2. The van der Waals surface area contributed by atoms with E-state index in [1.54, 1.807) is 0 Å². The number of rotatable bonds is 3. The molecule has 0 atom stereocenters. The third-order valence-corrected chi connectivity index (χ3v) is 3.42. The van der Waals surface area contributed by atoms with Crippen LogP contribution in [0, 0.1) is 11.6 Å². The van der Waals surface area contributed by atoms with Gasteiger partial charge in [-0.25, -0.2) is 13.6 Å². The largest absolute Gasteiger partial charge is 0.394 e. The molecule has 1 saturated carbocycles. The van der Waals surface area contributed by atoms with Gasteiger partial charge in [-0.05, 0) is 25.0 Å². The van der Waals surface area contributed by atoms with Gasteiger partial charge in [0.25, 0.3) is 0 Å². The number of hydrogen-bond donors (Lipinski definition) is 3. The van der Waals surface area contributed by atoms with Gasteiger partial charge in [0.15, 0.2) is 0 Å². The summed E-state index contributed by atoms with van der Waals surface area (Å²) in [7, 11) is 0. The van der Waals surface area contributed by atoms with E-state index in [9.17, 15) is 18.7 Å². The fourth-order valence-corrected chi connectivity index (χ4v) is 2.36. The molecule has 3 N–H and O–H groups in total. The Labute approximate surface area is 109 Å². The number of aliphatic hydroxyl groups excluding tert-OH is 1. The molecule has 1 aliphatic rings. The zero-order valence-electron chi connectivity index (χ0n) is 10.4. The van der Waals surface area contributed by atoms with Gasteiger partial charge in [0, 0.05) is 6.07 Å². The first-order chi connectivity index (χ1) is 9.04. The minimum atomic E-state index is -0.707. The molecule has 0 spiro atoms. The molecule has 0 saturated heterocycles. The van der Waals surface area contributed by atoms with Crippen molar-refractivity contribution in [1.29, 1.82) is 0 Å². The van der Waals surface area contributed by atoms with Gasteiger partial charge in [0.05, 0.1) is 17.8 Å². The Balaban J connectivity index is 2.03. The quantitative estimate of drug-likeness (QED) is 0.789. The molecule has 0 heterocycles. The molecule has 1 aromatic rings. The van der Waals surface area contributed by atoms with Gasteiger partial charge >= 0.3 is 6.03 Å². The number of amides is 2. The zero-order valence-corrected chi connectivity index (χ0v) is 10.4. The highest BCUT2D eigenvalue weighted by molar-refractivity contribution is 5.89. The summed E-state index contributed by atoms with van der Waals surface area (Å²) in [4.78, 5) is 11.8. The average molecular weight is 270 g/mol. The maximum atomic E-state index is 13.4. The normalized spacial score (nSPS) is 17.2. The first-order valence-corrected chi connectivity index (χ1v) is 6.20. The van der Waals surface area contributed by atoms with Gasteiger partial charge in [0.2, 0.25) is 0 Å². The van der Waals surface area contributed by atoms with Crippen molar-refractivity contribution in [3.05, 3.63) is 29.8 Å². The topological polar surface area (TPSA) is 61.4 Å². The van der Waals surface area contributed by atoms with E-state index in [-0.39, 0.29) is 12.3 Å². The van der Waals surface area contributed by atoms with Crippen LogP contribution in [0.2, 0.25) is 0 Å². The summed E-state index contributed by atoms with van der Waals surface area (Å²) >= 11 is 0. The Morgan fingerprint density at radius 2 is 2.00 bits per heavy atom. The van der Waals surface area contributed by atoms with Crippen LogP contribution in [-0.4, -0.2) is 23.3 Å². The second-order valence-corrected chi connectivity index (χ2v) is 4.85. The SMILES string of the molecule is O=C(Nc1cc(F)ccc1F)NC1(CO)CCCC1. The van der Waals surface area contributed by atoms with E-state index < -0.39 is 23.2 Å². The Morgan fingerprint density at radius 1 is 1.32 bits per heavy atom. The summed E-state index contributed by atoms with van der Waals surface area (Å²) in [5.41, 5.74) is -0.864. The predicted octanol–water partition coefficient (Wildman–Crippen LogP) is 2.39. The maximum Gasteiger partial charge on any atom is 0.319 e. The summed E-state index contributed by atoms with van der Waals surface area (Å²) in [5.74, 6) is -1.34. The standard InChI is InChI=1S/C13H16F2N2O2/c14-9-3-4-10(15)11(7-9)16-12(19)17-13(8-18)5-1-2-6-13/h3-4,7,18H,1-2,5-6,8H2,(H2,16,17,19). The van der Waals surface area contributed by atoms with Crippen molar-refractivity contribution in [1.82, 2.24) is 5.32 Å². The summed E-state index contributed by atoms with van der Waals surface area (Å²) in [6.07, 6.45) is 3.22. The first kappa shape index (κ1) is 13.7. The minimum absolute atomic E-state index is 0.161. The molecule has 1 fully saturated rings. The molecule has 6 heteroatoms. The molecule has 0 aromatic heterocycles.